The van der Waals surface area contributed by atoms with Crippen molar-refractivity contribution < 1.29 is 24.1 Å². The van der Waals surface area contributed by atoms with Gasteiger partial charge in [0.2, 0.25) is 0 Å². The summed E-state index contributed by atoms with van der Waals surface area (Å²) in [7, 11) is 3.30. The van der Waals surface area contributed by atoms with Crippen molar-refractivity contribution in [1.82, 2.24) is 15.1 Å². The molecular weight excluding hydrogens is 510 g/mol. The van der Waals surface area contributed by atoms with Gasteiger partial charge in [-0.25, -0.2) is 0 Å². The number of hydrogen-bond acceptors (Lipinski definition) is 9. The first-order valence-corrected chi connectivity index (χ1v) is 13.6. The average molecular weight is 548 g/mol. The Morgan fingerprint density at radius 1 is 1.07 bits per heavy atom. The molecule has 2 fully saturated rings. The van der Waals surface area contributed by atoms with Crippen LogP contribution in [0, 0.1) is 5.92 Å². The lowest BCUT2D eigenvalue weighted by Gasteiger charge is -2.40. The number of ether oxygens (including phenoxy) is 3. The summed E-state index contributed by atoms with van der Waals surface area (Å²) in [5, 5.41) is 18.7. The molecule has 2 atom stereocenters. The number of phenols is 1. The number of benzene rings is 2. The second kappa shape index (κ2) is 12.2. The number of anilines is 2. The lowest BCUT2D eigenvalue weighted by molar-refractivity contribution is -0.145. The molecule has 212 valence electrons. The number of rotatable bonds is 7. The zero-order chi connectivity index (χ0) is 28.2. The van der Waals surface area contributed by atoms with Gasteiger partial charge < -0.3 is 34.9 Å². The van der Waals surface area contributed by atoms with Crippen LogP contribution in [0.1, 0.15) is 41.8 Å². The minimum absolute atomic E-state index is 0.0310. The second-order valence-electron chi connectivity index (χ2n) is 10.4. The summed E-state index contributed by atoms with van der Waals surface area (Å²) in [6.07, 6.45) is 1.25. The van der Waals surface area contributed by atoms with Crippen LogP contribution in [0.5, 0.6) is 5.75 Å². The number of likely N-dealkylation sites (tertiary alicyclic amines) is 1. The summed E-state index contributed by atoms with van der Waals surface area (Å²) in [5.74, 6) is 0.769. The quantitative estimate of drug-likeness (QED) is 0.424. The third-order valence-corrected chi connectivity index (χ3v) is 7.93. The maximum absolute atomic E-state index is 13.2. The van der Waals surface area contributed by atoms with E-state index >= 15 is 0 Å². The van der Waals surface area contributed by atoms with Gasteiger partial charge in [-0.2, -0.15) is 0 Å². The molecule has 10 nitrogen and oxygen atoms in total. The van der Waals surface area contributed by atoms with E-state index in [0.717, 1.165) is 24.1 Å². The van der Waals surface area contributed by atoms with Crippen molar-refractivity contribution in [2.24, 2.45) is 5.92 Å². The lowest BCUT2D eigenvalue weighted by Crippen LogP contribution is -2.45. The fourth-order valence-corrected chi connectivity index (χ4v) is 5.62. The van der Waals surface area contributed by atoms with Crippen molar-refractivity contribution in [3.8, 4) is 17.0 Å². The van der Waals surface area contributed by atoms with Crippen LogP contribution < -0.4 is 10.6 Å². The van der Waals surface area contributed by atoms with Crippen molar-refractivity contribution in [2.75, 3.05) is 51.1 Å². The normalized spacial score (nSPS) is 20.2. The van der Waals surface area contributed by atoms with Gasteiger partial charge in [-0.15, -0.1) is 10.2 Å². The predicted molar refractivity (Wildman–Crippen MR) is 152 cm³/mol. The minimum atomic E-state index is -0.232. The van der Waals surface area contributed by atoms with Gasteiger partial charge in [0.25, 0.3) is 5.91 Å². The molecule has 0 aliphatic carbocycles. The zero-order valence-electron chi connectivity index (χ0n) is 23.2. The number of aromatic hydroxyl groups is 1. The summed E-state index contributed by atoms with van der Waals surface area (Å²) in [4.78, 5) is 17.2. The highest BCUT2D eigenvalue weighted by Crippen LogP contribution is 2.35. The largest absolute Gasteiger partial charge is 0.507 e. The van der Waals surface area contributed by atoms with Crippen LogP contribution in [0.25, 0.3) is 11.3 Å². The summed E-state index contributed by atoms with van der Waals surface area (Å²) in [5.41, 5.74) is 9.80. The molecule has 5 rings (SSSR count). The molecular formula is C30H37N5O5. The van der Waals surface area contributed by atoms with Gasteiger partial charge in [0.05, 0.1) is 18.0 Å². The number of carbonyl (C=O) groups excluding carboxylic acids is 1. The van der Waals surface area contributed by atoms with E-state index in [4.69, 9.17) is 19.9 Å². The molecule has 1 amide bonds. The monoisotopic (exact) mass is 547 g/mol. The molecule has 2 saturated heterocycles. The Balaban J connectivity index is 1.28. The number of morpholine rings is 1. The van der Waals surface area contributed by atoms with Gasteiger partial charge in [-0.1, -0.05) is 24.3 Å². The van der Waals surface area contributed by atoms with Gasteiger partial charge >= 0.3 is 0 Å². The number of nitrogens with two attached hydrogens (primary N) is 1. The molecule has 1 aromatic heterocycles. The molecule has 3 N–H and O–H groups in total. The Morgan fingerprint density at radius 2 is 1.77 bits per heavy atom. The Hall–Kier alpha value is -3.73. The molecule has 0 spiro atoms. The Morgan fingerprint density at radius 3 is 2.45 bits per heavy atom. The molecule has 10 heteroatoms. The number of phenolic OH excluding ortho intramolecular Hbond substituents is 1. The first-order valence-electron chi connectivity index (χ1n) is 13.6. The number of piperidine rings is 1. The van der Waals surface area contributed by atoms with Crippen LogP contribution in [0.3, 0.4) is 0 Å². The number of para-hydroxylation sites is 1. The van der Waals surface area contributed by atoms with Crippen LogP contribution in [0.15, 0.2) is 54.6 Å². The number of nitrogen functional groups attached to an aromatic ring is 1. The number of hydrogen-bond donors (Lipinski definition) is 2. The molecule has 2 aliphatic rings. The van der Waals surface area contributed by atoms with Crippen molar-refractivity contribution in [2.45, 2.75) is 38.2 Å². The smallest absolute Gasteiger partial charge is 0.253 e. The highest BCUT2D eigenvalue weighted by Gasteiger charge is 2.31. The Bertz CT molecular complexity index is 1310. The summed E-state index contributed by atoms with van der Waals surface area (Å²) >= 11 is 0. The molecule has 0 saturated carbocycles. The molecule has 3 aromatic rings. The van der Waals surface area contributed by atoms with Crippen molar-refractivity contribution in [3.05, 3.63) is 65.7 Å². The zero-order valence-corrected chi connectivity index (χ0v) is 23.2. The maximum Gasteiger partial charge on any atom is 0.253 e. The number of carbonyl (C=O) groups is 1. The van der Waals surface area contributed by atoms with Gasteiger partial charge in [-0.05, 0) is 55.7 Å². The van der Waals surface area contributed by atoms with E-state index in [-0.39, 0.29) is 36.0 Å². The summed E-state index contributed by atoms with van der Waals surface area (Å²) in [6.45, 7) is 4.48. The lowest BCUT2D eigenvalue weighted by atomic mass is 9.95. The topological polar surface area (TPSA) is 123 Å². The van der Waals surface area contributed by atoms with E-state index in [2.05, 4.69) is 22.0 Å². The predicted octanol–water partition coefficient (Wildman–Crippen LogP) is 3.87. The van der Waals surface area contributed by atoms with Crippen LogP contribution >= 0.6 is 0 Å². The van der Waals surface area contributed by atoms with Gasteiger partial charge in [-0.3, -0.25) is 4.79 Å². The SMILES string of the molecule is COC(OC)C1CCN(C(=O)c2ccc([C@@H]3CN(c4cc(-c5ccccc5O)nnc4N)[C@H](C)CO3)cc2)CC1. The molecule has 2 aliphatic heterocycles. The van der Waals surface area contributed by atoms with E-state index < -0.39 is 0 Å². The fourth-order valence-electron chi connectivity index (χ4n) is 5.62. The van der Waals surface area contributed by atoms with Crippen LogP contribution in [-0.4, -0.2) is 78.9 Å². The van der Waals surface area contributed by atoms with Gasteiger partial charge in [0.1, 0.15) is 11.9 Å². The highest BCUT2D eigenvalue weighted by molar-refractivity contribution is 5.94. The maximum atomic E-state index is 13.2. The number of amides is 1. The third kappa shape index (κ3) is 5.74. The van der Waals surface area contributed by atoms with Crippen LogP contribution in [-0.2, 0) is 14.2 Å². The van der Waals surface area contributed by atoms with E-state index in [1.54, 1.807) is 32.4 Å². The van der Waals surface area contributed by atoms with Gasteiger partial charge in [0, 0.05) is 56.9 Å². The van der Waals surface area contributed by atoms with Crippen molar-refractivity contribution in [3.63, 3.8) is 0 Å². The summed E-state index contributed by atoms with van der Waals surface area (Å²) < 4.78 is 17.0. The van der Waals surface area contributed by atoms with E-state index in [0.29, 0.717) is 48.9 Å². The Kier molecular flexibility index (Phi) is 8.49. The molecule has 0 unspecified atom stereocenters. The molecule has 0 bridgehead atoms. The van der Waals surface area contributed by atoms with E-state index in [1.807, 2.05) is 41.3 Å². The van der Waals surface area contributed by atoms with Crippen molar-refractivity contribution >= 4 is 17.4 Å². The highest BCUT2D eigenvalue weighted by atomic mass is 16.7. The number of nitrogens with zero attached hydrogens (tertiary/aromatic N) is 4. The first kappa shape index (κ1) is 27.8. The molecule has 3 heterocycles. The van der Waals surface area contributed by atoms with Crippen LogP contribution in [0.4, 0.5) is 11.5 Å². The molecule has 2 aromatic carbocycles. The van der Waals surface area contributed by atoms with E-state index in [9.17, 15) is 9.90 Å². The van der Waals surface area contributed by atoms with Crippen molar-refractivity contribution in [1.29, 1.82) is 0 Å². The molecule has 0 radical (unpaired) electrons. The number of aromatic nitrogens is 2. The molecule has 40 heavy (non-hydrogen) atoms. The standard InChI is InChI=1S/C30H37N5O5/c1-19-18-40-27(17-35(19)25-16-24(32-33-28(25)31)23-6-4-5-7-26(23)36)20-8-10-21(11-9-20)29(37)34-14-12-22(13-15-34)30(38-2)39-3/h4-11,16,19,22,27,30,36H,12-15,17-18H2,1-3H3,(H2,31,33)/t19-,27+/m1/s1. The van der Waals surface area contributed by atoms with Gasteiger partial charge in [0.15, 0.2) is 12.1 Å². The fraction of sp³-hybridized carbons (Fsp3) is 0.433. The number of methoxy groups -OCH3 is 2. The summed E-state index contributed by atoms with van der Waals surface area (Å²) in [6, 6.07) is 16.6. The second-order valence-corrected chi connectivity index (χ2v) is 10.4. The average Bonchev–Trinajstić information content (AvgIpc) is 2.99. The van der Waals surface area contributed by atoms with E-state index in [1.165, 1.54) is 0 Å². The first-order chi connectivity index (χ1) is 19.4. The van der Waals surface area contributed by atoms with Crippen LogP contribution in [0.2, 0.25) is 0 Å². The minimum Gasteiger partial charge on any atom is -0.507 e. The Labute approximate surface area is 234 Å². The third-order valence-electron chi connectivity index (χ3n) is 7.93.